The zero-order chi connectivity index (χ0) is 13.4. The molecule has 0 unspecified atom stereocenters. The first-order chi connectivity index (χ1) is 8.66. The van der Waals surface area contributed by atoms with E-state index in [2.05, 4.69) is 5.32 Å². The molecule has 0 aromatic carbocycles. The number of rotatable bonds is 7. The number of hydrogen-bond donors (Lipinski definition) is 2. The van der Waals surface area contributed by atoms with E-state index in [4.69, 9.17) is 14.6 Å². The van der Waals surface area contributed by atoms with Crippen molar-refractivity contribution in [3.63, 3.8) is 0 Å². The number of urea groups is 1. The van der Waals surface area contributed by atoms with Crippen molar-refractivity contribution >= 4 is 23.8 Å². The summed E-state index contributed by atoms with van der Waals surface area (Å²) in [5, 5.41) is 11.6. The molecule has 0 saturated carbocycles. The Balaban J connectivity index is 2.18. The minimum Gasteiger partial charge on any atom is -0.480 e. The first-order valence-corrected chi connectivity index (χ1v) is 6.74. The van der Waals surface area contributed by atoms with Gasteiger partial charge in [0.2, 0.25) is 0 Å². The Morgan fingerprint density at radius 3 is 2.89 bits per heavy atom. The maximum atomic E-state index is 11.7. The van der Waals surface area contributed by atoms with Gasteiger partial charge in [0.05, 0.1) is 25.7 Å². The van der Waals surface area contributed by atoms with Crippen molar-refractivity contribution in [1.29, 1.82) is 0 Å². The number of carboxylic acids is 1. The second-order valence-corrected chi connectivity index (χ2v) is 4.66. The average molecular weight is 278 g/mol. The summed E-state index contributed by atoms with van der Waals surface area (Å²) in [6, 6.07) is -1.09. The fourth-order valence-corrected chi connectivity index (χ4v) is 2.57. The molecule has 7 nitrogen and oxygen atoms in total. The van der Waals surface area contributed by atoms with Gasteiger partial charge in [-0.05, 0) is 0 Å². The van der Waals surface area contributed by atoms with Crippen molar-refractivity contribution in [1.82, 2.24) is 10.2 Å². The second-order valence-electron chi connectivity index (χ2n) is 3.66. The fraction of sp³-hybridized carbons (Fsp3) is 0.800. The van der Waals surface area contributed by atoms with Gasteiger partial charge in [0.15, 0.2) is 0 Å². The van der Waals surface area contributed by atoms with Gasteiger partial charge in [-0.1, -0.05) is 0 Å². The van der Waals surface area contributed by atoms with Crippen LogP contribution in [-0.4, -0.2) is 73.2 Å². The van der Waals surface area contributed by atoms with Crippen LogP contribution in [0.2, 0.25) is 0 Å². The standard InChI is InChI=1S/C10H18N2O5S/c1-16-4-5-17-3-2-11-10(15)12-7-18-6-8(12)9(13)14/h8H,2-7H2,1H3,(H,11,15)(H,13,14)/t8-/m0/s1. The van der Waals surface area contributed by atoms with Crippen molar-refractivity contribution in [2.45, 2.75) is 6.04 Å². The number of carbonyl (C=O) groups excluding carboxylic acids is 1. The lowest BCUT2D eigenvalue weighted by molar-refractivity contribution is -0.140. The first-order valence-electron chi connectivity index (χ1n) is 5.58. The number of hydrogen-bond acceptors (Lipinski definition) is 5. The van der Waals surface area contributed by atoms with Crippen LogP contribution in [-0.2, 0) is 14.3 Å². The summed E-state index contributed by atoms with van der Waals surface area (Å²) in [6.07, 6.45) is 0. The molecular formula is C10H18N2O5S. The topological polar surface area (TPSA) is 88.1 Å². The average Bonchev–Trinajstić information content (AvgIpc) is 2.82. The van der Waals surface area contributed by atoms with Crippen LogP contribution in [0.25, 0.3) is 0 Å². The van der Waals surface area contributed by atoms with Crippen molar-refractivity contribution in [3.8, 4) is 0 Å². The summed E-state index contributed by atoms with van der Waals surface area (Å²) in [6.45, 7) is 1.73. The third kappa shape index (κ3) is 4.71. The Labute approximate surface area is 110 Å². The number of thioether (sulfide) groups is 1. The third-order valence-corrected chi connectivity index (χ3v) is 3.39. The van der Waals surface area contributed by atoms with Crippen molar-refractivity contribution in [2.75, 3.05) is 45.1 Å². The number of amides is 2. The fourth-order valence-electron chi connectivity index (χ4n) is 1.42. The van der Waals surface area contributed by atoms with E-state index < -0.39 is 12.0 Å². The van der Waals surface area contributed by atoms with Gasteiger partial charge >= 0.3 is 12.0 Å². The van der Waals surface area contributed by atoms with Crippen molar-refractivity contribution in [3.05, 3.63) is 0 Å². The summed E-state index contributed by atoms with van der Waals surface area (Å²) in [5.41, 5.74) is 0. The van der Waals surface area contributed by atoms with Crippen LogP contribution in [0, 0.1) is 0 Å². The summed E-state index contributed by atoms with van der Waals surface area (Å²) in [7, 11) is 1.59. The van der Waals surface area contributed by atoms with Crippen molar-refractivity contribution in [2.24, 2.45) is 0 Å². The van der Waals surface area contributed by atoms with E-state index in [0.717, 1.165) is 0 Å². The number of methoxy groups -OCH3 is 1. The monoisotopic (exact) mass is 278 g/mol. The molecule has 0 aromatic rings. The Hall–Kier alpha value is -0.990. The van der Waals surface area contributed by atoms with Crippen LogP contribution in [0.1, 0.15) is 0 Å². The Kier molecular flexibility index (Phi) is 6.84. The molecule has 1 heterocycles. The first kappa shape index (κ1) is 15.1. The molecule has 8 heteroatoms. The van der Waals surface area contributed by atoms with Gasteiger partial charge < -0.3 is 24.8 Å². The predicted molar refractivity (Wildman–Crippen MR) is 66.7 cm³/mol. The number of carbonyl (C=O) groups is 2. The summed E-state index contributed by atoms with van der Waals surface area (Å²) < 4.78 is 9.98. The SMILES string of the molecule is COCCOCCNC(=O)N1CSC[C@H]1C(=O)O. The highest BCUT2D eigenvalue weighted by atomic mass is 32.2. The Morgan fingerprint density at radius 1 is 1.44 bits per heavy atom. The molecule has 1 fully saturated rings. The number of aliphatic carboxylic acids is 1. The van der Waals surface area contributed by atoms with Crippen LogP contribution >= 0.6 is 11.8 Å². The van der Waals surface area contributed by atoms with Gasteiger partial charge in [-0.2, -0.15) is 0 Å². The predicted octanol–water partition coefficient (Wildman–Crippen LogP) is -0.181. The van der Waals surface area contributed by atoms with E-state index in [0.29, 0.717) is 38.0 Å². The third-order valence-electron chi connectivity index (χ3n) is 2.38. The van der Waals surface area contributed by atoms with Crippen LogP contribution in [0.3, 0.4) is 0 Å². The molecule has 0 aliphatic carbocycles. The summed E-state index contributed by atoms with van der Waals surface area (Å²) in [5.74, 6) is -0.119. The van der Waals surface area contributed by atoms with Gasteiger partial charge in [0.25, 0.3) is 0 Å². The van der Waals surface area contributed by atoms with E-state index in [1.165, 1.54) is 16.7 Å². The molecule has 1 atom stereocenters. The molecule has 1 rings (SSSR count). The summed E-state index contributed by atoms with van der Waals surface area (Å²) in [4.78, 5) is 23.9. The highest BCUT2D eigenvalue weighted by Crippen LogP contribution is 2.20. The molecule has 1 aliphatic heterocycles. The van der Waals surface area contributed by atoms with Gasteiger partial charge in [0.1, 0.15) is 6.04 Å². The van der Waals surface area contributed by atoms with E-state index in [-0.39, 0.29) is 6.03 Å². The van der Waals surface area contributed by atoms with Crippen LogP contribution in [0.5, 0.6) is 0 Å². The zero-order valence-corrected chi connectivity index (χ0v) is 11.1. The highest BCUT2D eigenvalue weighted by Gasteiger charge is 2.34. The normalized spacial score (nSPS) is 18.9. The highest BCUT2D eigenvalue weighted by molar-refractivity contribution is 7.99. The zero-order valence-electron chi connectivity index (χ0n) is 10.3. The smallest absolute Gasteiger partial charge is 0.327 e. The van der Waals surface area contributed by atoms with Crippen LogP contribution < -0.4 is 5.32 Å². The molecule has 2 amide bonds. The number of nitrogens with zero attached hydrogens (tertiary/aromatic N) is 1. The molecule has 1 saturated heterocycles. The largest absolute Gasteiger partial charge is 0.480 e. The Morgan fingerprint density at radius 2 is 2.22 bits per heavy atom. The lowest BCUT2D eigenvalue weighted by Gasteiger charge is -2.20. The molecule has 0 spiro atoms. The molecule has 104 valence electrons. The van der Waals surface area contributed by atoms with Crippen molar-refractivity contribution < 1.29 is 24.2 Å². The molecular weight excluding hydrogens is 260 g/mol. The van der Waals surface area contributed by atoms with Gasteiger partial charge in [0, 0.05) is 19.4 Å². The molecule has 2 N–H and O–H groups in total. The maximum Gasteiger partial charge on any atom is 0.327 e. The molecule has 18 heavy (non-hydrogen) atoms. The molecule has 1 aliphatic rings. The maximum absolute atomic E-state index is 11.7. The van der Waals surface area contributed by atoms with Gasteiger partial charge in [-0.25, -0.2) is 9.59 Å². The van der Waals surface area contributed by atoms with E-state index in [1.54, 1.807) is 7.11 Å². The van der Waals surface area contributed by atoms with E-state index in [9.17, 15) is 9.59 Å². The number of ether oxygens (including phenoxy) is 2. The molecule has 0 aromatic heterocycles. The van der Waals surface area contributed by atoms with Gasteiger partial charge in [-0.3, -0.25) is 0 Å². The number of nitrogens with one attached hydrogen (secondary N) is 1. The quantitative estimate of drug-likeness (QED) is 0.628. The van der Waals surface area contributed by atoms with Crippen LogP contribution in [0.15, 0.2) is 0 Å². The second kappa shape index (κ2) is 8.17. The lowest BCUT2D eigenvalue weighted by Crippen LogP contribution is -2.47. The van der Waals surface area contributed by atoms with Gasteiger partial charge in [-0.15, -0.1) is 11.8 Å². The lowest BCUT2D eigenvalue weighted by atomic mass is 10.3. The minimum absolute atomic E-state index is 0.357. The Bertz CT molecular complexity index is 289. The van der Waals surface area contributed by atoms with Crippen LogP contribution in [0.4, 0.5) is 4.79 Å². The molecule has 0 radical (unpaired) electrons. The minimum atomic E-state index is -0.966. The summed E-state index contributed by atoms with van der Waals surface area (Å²) >= 11 is 1.43. The van der Waals surface area contributed by atoms with E-state index in [1.807, 2.05) is 0 Å². The molecule has 0 bridgehead atoms. The van der Waals surface area contributed by atoms with E-state index >= 15 is 0 Å². The number of carboxylic acid groups (broad SMARTS) is 1.